The number of hydrogen-bond donors (Lipinski definition) is 1. The standard InChI is InChI=1S/C24H25FN4O3/c1-5-16-8-9-26-20(12-16)27-21(30)17-6-7-18-14-29-11-10-28(22(31)32-23(2,3)4)15-24(29,25)19(18)13-17/h1,6-9,12-13H,10-11,14-15H2,2-4H3,(H,26,27,30). The Bertz CT molecular complexity index is 1120. The lowest BCUT2D eigenvalue weighted by Crippen LogP contribution is -2.57. The Labute approximate surface area is 186 Å². The molecular weight excluding hydrogens is 411 g/mol. The number of carbonyl (C=O) groups is 2. The van der Waals surface area contributed by atoms with Gasteiger partial charge in [0, 0.05) is 42.5 Å². The number of piperazine rings is 1. The van der Waals surface area contributed by atoms with Gasteiger partial charge in [0.15, 0.2) is 0 Å². The average Bonchev–Trinajstić information content (AvgIpc) is 3.03. The van der Waals surface area contributed by atoms with Crippen molar-refractivity contribution in [2.45, 2.75) is 38.7 Å². The van der Waals surface area contributed by atoms with Gasteiger partial charge in [-0.2, -0.15) is 0 Å². The van der Waals surface area contributed by atoms with E-state index in [2.05, 4.69) is 16.2 Å². The van der Waals surface area contributed by atoms with Gasteiger partial charge in [0.05, 0.1) is 6.54 Å². The third-order valence-corrected chi connectivity index (χ3v) is 5.51. The minimum Gasteiger partial charge on any atom is -0.444 e. The van der Waals surface area contributed by atoms with Gasteiger partial charge in [0.25, 0.3) is 5.91 Å². The molecule has 2 aliphatic rings. The molecule has 0 radical (unpaired) electrons. The third kappa shape index (κ3) is 4.16. The maximum atomic E-state index is 16.3. The number of anilines is 1. The van der Waals surface area contributed by atoms with Crippen molar-refractivity contribution < 1.29 is 18.7 Å². The molecule has 2 aromatic rings. The maximum Gasteiger partial charge on any atom is 0.410 e. The van der Waals surface area contributed by atoms with E-state index >= 15 is 4.39 Å². The summed E-state index contributed by atoms with van der Waals surface area (Å²) < 4.78 is 21.7. The second-order valence-corrected chi connectivity index (χ2v) is 8.98. The van der Waals surface area contributed by atoms with Gasteiger partial charge >= 0.3 is 6.09 Å². The van der Waals surface area contributed by atoms with Crippen molar-refractivity contribution in [3.8, 4) is 12.3 Å². The zero-order valence-corrected chi connectivity index (χ0v) is 18.3. The largest absolute Gasteiger partial charge is 0.444 e. The molecule has 166 valence electrons. The zero-order valence-electron chi connectivity index (χ0n) is 18.3. The molecule has 1 unspecified atom stereocenters. The number of amides is 2. The topological polar surface area (TPSA) is 74.8 Å². The van der Waals surface area contributed by atoms with Gasteiger partial charge in [0.2, 0.25) is 5.79 Å². The molecule has 1 aromatic carbocycles. The number of hydrogen-bond acceptors (Lipinski definition) is 5. The Kier molecular flexibility index (Phi) is 5.39. The molecule has 3 heterocycles. The van der Waals surface area contributed by atoms with Crippen LogP contribution in [0.25, 0.3) is 0 Å². The Morgan fingerprint density at radius 3 is 2.75 bits per heavy atom. The summed E-state index contributed by atoms with van der Waals surface area (Å²) in [6.45, 7) is 6.32. The summed E-state index contributed by atoms with van der Waals surface area (Å²) in [7, 11) is 0. The molecule has 1 N–H and O–H groups in total. The monoisotopic (exact) mass is 436 g/mol. The summed E-state index contributed by atoms with van der Waals surface area (Å²) in [4.78, 5) is 32.5. The number of ether oxygens (including phenoxy) is 1. The van der Waals surface area contributed by atoms with Crippen molar-refractivity contribution in [2.24, 2.45) is 0 Å². The molecule has 1 saturated heterocycles. The van der Waals surface area contributed by atoms with Crippen molar-refractivity contribution in [3.63, 3.8) is 0 Å². The molecule has 32 heavy (non-hydrogen) atoms. The second-order valence-electron chi connectivity index (χ2n) is 8.98. The lowest BCUT2D eigenvalue weighted by molar-refractivity contribution is -0.0911. The van der Waals surface area contributed by atoms with Crippen LogP contribution >= 0.6 is 0 Å². The number of nitrogens with zero attached hydrogens (tertiary/aromatic N) is 3. The number of alkyl halides is 1. The van der Waals surface area contributed by atoms with E-state index in [1.807, 2.05) is 0 Å². The number of rotatable bonds is 2. The Hall–Kier alpha value is -3.44. The quantitative estimate of drug-likeness (QED) is 0.576. The van der Waals surface area contributed by atoms with E-state index in [0.29, 0.717) is 42.1 Å². The van der Waals surface area contributed by atoms with Gasteiger partial charge in [-0.15, -0.1) is 6.42 Å². The molecule has 4 rings (SSSR count). The van der Waals surface area contributed by atoms with E-state index in [4.69, 9.17) is 11.2 Å². The number of nitrogens with one attached hydrogen (secondary N) is 1. The minimum atomic E-state index is -1.89. The minimum absolute atomic E-state index is 0.161. The van der Waals surface area contributed by atoms with Crippen molar-refractivity contribution >= 4 is 17.8 Å². The second kappa shape index (κ2) is 7.92. The van der Waals surface area contributed by atoms with Crippen LogP contribution in [0.5, 0.6) is 0 Å². The highest BCUT2D eigenvalue weighted by Crippen LogP contribution is 2.43. The lowest BCUT2D eigenvalue weighted by atomic mass is 9.98. The SMILES string of the molecule is C#Cc1ccnc(NC(=O)c2ccc3c(c2)C2(F)CN(C(=O)OC(C)(C)C)CCN2C3)c1. The molecule has 2 amide bonds. The summed E-state index contributed by atoms with van der Waals surface area (Å²) in [6.07, 6.45) is 6.36. The Morgan fingerprint density at radius 1 is 1.25 bits per heavy atom. The van der Waals surface area contributed by atoms with E-state index < -0.39 is 23.4 Å². The van der Waals surface area contributed by atoms with Crippen LogP contribution in [-0.2, 0) is 17.1 Å². The molecule has 7 nitrogen and oxygen atoms in total. The third-order valence-electron chi connectivity index (χ3n) is 5.51. The van der Waals surface area contributed by atoms with Gasteiger partial charge < -0.3 is 15.0 Å². The number of terminal acetylenes is 1. The van der Waals surface area contributed by atoms with E-state index in [9.17, 15) is 9.59 Å². The van der Waals surface area contributed by atoms with Crippen LogP contribution in [-0.4, -0.2) is 52.0 Å². The highest BCUT2D eigenvalue weighted by atomic mass is 19.1. The van der Waals surface area contributed by atoms with Crippen molar-refractivity contribution in [2.75, 3.05) is 25.0 Å². The first kappa shape index (κ1) is 21.8. The van der Waals surface area contributed by atoms with Crippen LogP contribution in [0.4, 0.5) is 15.0 Å². The molecule has 1 fully saturated rings. The van der Waals surface area contributed by atoms with Crippen LogP contribution in [0.1, 0.15) is 47.8 Å². The van der Waals surface area contributed by atoms with Gasteiger partial charge in [0.1, 0.15) is 11.4 Å². The number of pyridine rings is 1. The summed E-state index contributed by atoms with van der Waals surface area (Å²) in [5, 5.41) is 2.70. The fourth-order valence-electron chi connectivity index (χ4n) is 3.99. The van der Waals surface area contributed by atoms with Gasteiger partial charge in [-0.3, -0.25) is 9.69 Å². The number of halogens is 1. The molecule has 8 heteroatoms. The molecule has 0 bridgehead atoms. The Morgan fingerprint density at radius 2 is 2.03 bits per heavy atom. The van der Waals surface area contributed by atoms with Gasteiger partial charge in [-0.25, -0.2) is 14.2 Å². The van der Waals surface area contributed by atoms with E-state index in [-0.39, 0.29) is 6.54 Å². The van der Waals surface area contributed by atoms with Crippen LogP contribution in [0.15, 0.2) is 36.5 Å². The highest BCUT2D eigenvalue weighted by Gasteiger charge is 2.51. The average molecular weight is 436 g/mol. The predicted molar refractivity (Wildman–Crippen MR) is 118 cm³/mol. The molecule has 0 aliphatic carbocycles. The summed E-state index contributed by atoms with van der Waals surface area (Å²) in [5.41, 5.74) is 1.41. The van der Waals surface area contributed by atoms with E-state index in [1.165, 1.54) is 11.1 Å². The first-order valence-corrected chi connectivity index (χ1v) is 10.4. The van der Waals surface area contributed by atoms with Crippen LogP contribution in [0, 0.1) is 12.3 Å². The fourth-order valence-corrected chi connectivity index (χ4v) is 3.99. The van der Waals surface area contributed by atoms with Crippen molar-refractivity contribution in [1.82, 2.24) is 14.8 Å². The normalized spacial score (nSPS) is 20.2. The first-order valence-electron chi connectivity index (χ1n) is 10.4. The summed E-state index contributed by atoms with van der Waals surface area (Å²) in [5.74, 6) is 0.498. The summed E-state index contributed by atoms with van der Waals surface area (Å²) in [6, 6.07) is 8.21. The van der Waals surface area contributed by atoms with Gasteiger partial charge in [-0.1, -0.05) is 12.0 Å². The van der Waals surface area contributed by atoms with Crippen molar-refractivity contribution in [1.29, 1.82) is 0 Å². The Balaban J connectivity index is 1.56. The predicted octanol–water partition coefficient (Wildman–Crippen LogP) is 3.50. The van der Waals surface area contributed by atoms with Crippen LogP contribution in [0.3, 0.4) is 0 Å². The van der Waals surface area contributed by atoms with Crippen molar-refractivity contribution in [3.05, 3.63) is 58.8 Å². The maximum absolute atomic E-state index is 16.3. The van der Waals surface area contributed by atoms with E-state index in [1.54, 1.807) is 56.0 Å². The number of fused-ring (bicyclic) bond motifs is 3. The van der Waals surface area contributed by atoms with Crippen LogP contribution < -0.4 is 5.32 Å². The van der Waals surface area contributed by atoms with Gasteiger partial charge in [-0.05, 0) is 50.6 Å². The molecule has 2 aliphatic heterocycles. The lowest BCUT2D eigenvalue weighted by Gasteiger charge is -2.42. The summed E-state index contributed by atoms with van der Waals surface area (Å²) >= 11 is 0. The fraction of sp³-hybridized carbons (Fsp3) is 0.375. The number of carbonyl (C=O) groups excluding carboxylic acids is 2. The zero-order chi connectivity index (χ0) is 23.1. The molecular formula is C24H25FN4O3. The molecule has 1 aromatic heterocycles. The molecule has 1 atom stereocenters. The first-order chi connectivity index (χ1) is 15.1. The van der Waals surface area contributed by atoms with E-state index in [0.717, 1.165) is 5.56 Å². The molecule has 0 spiro atoms. The highest BCUT2D eigenvalue weighted by molar-refractivity contribution is 6.04. The number of aromatic nitrogens is 1. The molecule has 0 saturated carbocycles. The number of benzene rings is 1. The van der Waals surface area contributed by atoms with Crippen LogP contribution in [0.2, 0.25) is 0 Å². The smallest absolute Gasteiger partial charge is 0.410 e.